The average Bonchev–Trinajstić information content (AvgIpc) is 2.60. The van der Waals surface area contributed by atoms with Gasteiger partial charge in [0, 0.05) is 37.0 Å². The highest BCUT2D eigenvalue weighted by atomic mass is 35.5. The molecule has 7 nitrogen and oxygen atoms in total. The number of nitrogens with two attached hydrogens (primary N) is 1. The third-order valence-electron chi connectivity index (χ3n) is 4.84. The number of hydrogen-bond donors (Lipinski definition) is 1. The molecule has 2 rings (SSSR count). The van der Waals surface area contributed by atoms with E-state index in [1.807, 2.05) is 6.92 Å². The molecule has 1 heterocycles. The number of hydrogen-bond acceptors (Lipinski definition) is 4. The maximum Gasteiger partial charge on any atom is 0.232 e. The number of anilines is 1. The van der Waals surface area contributed by atoms with Gasteiger partial charge in [-0.1, -0.05) is 17.7 Å². The second-order valence-electron chi connectivity index (χ2n) is 6.93. The minimum Gasteiger partial charge on any atom is -0.369 e. The van der Waals surface area contributed by atoms with Gasteiger partial charge in [-0.05, 0) is 43.9 Å². The number of benzene rings is 1. The number of rotatable bonds is 7. The molecule has 0 aliphatic carbocycles. The number of primary amides is 1. The Bertz CT molecular complexity index is 805. The van der Waals surface area contributed by atoms with Crippen molar-refractivity contribution in [3.05, 3.63) is 28.8 Å². The summed E-state index contributed by atoms with van der Waals surface area (Å²) in [5, 5.41) is 0.456. The van der Waals surface area contributed by atoms with Crippen molar-refractivity contribution in [1.29, 1.82) is 0 Å². The predicted molar refractivity (Wildman–Crippen MR) is 106 cm³/mol. The normalized spacial score (nSPS) is 15.6. The molecule has 0 saturated carbocycles. The summed E-state index contributed by atoms with van der Waals surface area (Å²) in [6.07, 6.45) is 2.95. The maximum atomic E-state index is 12.4. The number of sulfonamides is 1. The Morgan fingerprint density at radius 1 is 1.30 bits per heavy atom. The van der Waals surface area contributed by atoms with Gasteiger partial charge in [0.05, 0.1) is 11.9 Å². The lowest BCUT2D eigenvalue weighted by Crippen LogP contribution is -2.42. The van der Waals surface area contributed by atoms with Crippen LogP contribution in [0.2, 0.25) is 5.02 Å². The van der Waals surface area contributed by atoms with Crippen LogP contribution < -0.4 is 10.0 Å². The Hall–Kier alpha value is -1.80. The molecule has 27 heavy (non-hydrogen) atoms. The van der Waals surface area contributed by atoms with E-state index < -0.39 is 10.0 Å². The van der Waals surface area contributed by atoms with Gasteiger partial charge in [0.1, 0.15) is 0 Å². The zero-order valence-electron chi connectivity index (χ0n) is 15.7. The molecule has 0 radical (unpaired) electrons. The van der Waals surface area contributed by atoms with Crippen LogP contribution in [0.25, 0.3) is 0 Å². The minimum absolute atomic E-state index is 0.0332. The van der Waals surface area contributed by atoms with Crippen LogP contribution in [-0.2, 0) is 19.6 Å². The molecule has 1 aromatic rings. The highest BCUT2D eigenvalue weighted by Crippen LogP contribution is 2.27. The van der Waals surface area contributed by atoms with Gasteiger partial charge in [-0.15, -0.1) is 0 Å². The molecular formula is C18H26ClN3O4S. The van der Waals surface area contributed by atoms with Crippen LogP contribution in [0.4, 0.5) is 5.69 Å². The standard InChI is InChI=1S/C18H26ClN3O4S/c1-13-5-6-15(19)12-16(13)22(27(2,25)26)9-3-4-17(23)21-10-7-14(8-11-21)18(20)24/h5-6,12,14H,3-4,7-11H2,1-2H3,(H2,20,24). The summed E-state index contributed by atoms with van der Waals surface area (Å²) in [5.74, 6) is -0.516. The highest BCUT2D eigenvalue weighted by Gasteiger charge is 2.26. The molecule has 0 aromatic heterocycles. The third-order valence-corrected chi connectivity index (χ3v) is 6.26. The molecule has 2 amide bonds. The van der Waals surface area contributed by atoms with Crippen LogP contribution in [0.5, 0.6) is 0 Å². The molecule has 1 aromatic carbocycles. The van der Waals surface area contributed by atoms with Crippen LogP contribution >= 0.6 is 11.6 Å². The molecule has 0 bridgehead atoms. The zero-order valence-corrected chi connectivity index (χ0v) is 17.2. The fourth-order valence-corrected chi connectivity index (χ4v) is 4.44. The first kappa shape index (κ1) is 21.5. The SMILES string of the molecule is Cc1ccc(Cl)cc1N(CCCC(=O)N1CCC(C(N)=O)CC1)S(C)(=O)=O. The van der Waals surface area contributed by atoms with Crippen molar-refractivity contribution >= 4 is 39.1 Å². The van der Waals surface area contributed by atoms with Crippen LogP contribution in [0.1, 0.15) is 31.2 Å². The Morgan fingerprint density at radius 2 is 1.93 bits per heavy atom. The van der Waals surface area contributed by atoms with Gasteiger partial charge in [0.2, 0.25) is 21.8 Å². The minimum atomic E-state index is -3.50. The van der Waals surface area contributed by atoms with Gasteiger partial charge in [0.25, 0.3) is 0 Å². The van der Waals surface area contributed by atoms with E-state index in [4.69, 9.17) is 17.3 Å². The van der Waals surface area contributed by atoms with E-state index in [2.05, 4.69) is 0 Å². The van der Waals surface area contributed by atoms with Gasteiger partial charge < -0.3 is 10.6 Å². The number of nitrogens with zero attached hydrogens (tertiary/aromatic N) is 2. The van der Waals surface area contributed by atoms with Crippen molar-refractivity contribution < 1.29 is 18.0 Å². The first-order valence-corrected chi connectivity index (χ1v) is 11.1. The third kappa shape index (κ3) is 5.84. The largest absolute Gasteiger partial charge is 0.369 e. The van der Waals surface area contributed by atoms with Crippen molar-refractivity contribution in [1.82, 2.24) is 4.90 Å². The van der Waals surface area contributed by atoms with Crippen LogP contribution in [0.3, 0.4) is 0 Å². The molecule has 1 aliphatic rings. The zero-order chi connectivity index (χ0) is 20.2. The molecule has 1 fully saturated rings. The van der Waals surface area contributed by atoms with Crippen molar-refractivity contribution in [2.75, 3.05) is 30.2 Å². The Labute approximate surface area is 165 Å². The number of carbonyl (C=O) groups is 2. The van der Waals surface area contributed by atoms with Crippen molar-refractivity contribution in [3.8, 4) is 0 Å². The monoisotopic (exact) mass is 415 g/mol. The second kappa shape index (κ2) is 8.93. The summed E-state index contributed by atoms with van der Waals surface area (Å²) in [7, 11) is -3.50. The number of halogens is 1. The van der Waals surface area contributed by atoms with E-state index in [-0.39, 0.29) is 30.7 Å². The molecule has 9 heteroatoms. The summed E-state index contributed by atoms with van der Waals surface area (Å²) >= 11 is 6.02. The van der Waals surface area contributed by atoms with Gasteiger partial charge in [-0.2, -0.15) is 0 Å². The number of amides is 2. The Morgan fingerprint density at radius 3 is 2.48 bits per heavy atom. The topological polar surface area (TPSA) is 101 Å². The molecule has 0 atom stereocenters. The van der Waals surface area contributed by atoms with E-state index in [0.717, 1.165) is 11.8 Å². The van der Waals surface area contributed by atoms with Crippen LogP contribution in [-0.4, -0.2) is 51.0 Å². The van der Waals surface area contributed by atoms with E-state index in [1.54, 1.807) is 23.1 Å². The first-order valence-electron chi connectivity index (χ1n) is 8.90. The van der Waals surface area contributed by atoms with E-state index in [9.17, 15) is 18.0 Å². The van der Waals surface area contributed by atoms with E-state index in [1.165, 1.54) is 4.31 Å². The average molecular weight is 416 g/mol. The predicted octanol–water partition coefficient (Wildman–Crippen LogP) is 1.92. The van der Waals surface area contributed by atoms with E-state index in [0.29, 0.717) is 43.1 Å². The highest BCUT2D eigenvalue weighted by molar-refractivity contribution is 7.92. The number of piperidine rings is 1. The van der Waals surface area contributed by atoms with Gasteiger partial charge >= 0.3 is 0 Å². The van der Waals surface area contributed by atoms with E-state index >= 15 is 0 Å². The number of likely N-dealkylation sites (tertiary alicyclic amines) is 1. The summed E-state index contributed by atoms with van der Waals surface area (Å²) in [6, 6.07) is 5.10. The second-order valence-corrected chi connectivity index (χ2v) is 9.27. The fraction of sp³-hybridized carbons (Fsp3) is 0.556. The van der Waals surface area contributed by atoms with Crippen molar-refractivity contribution in [2.24, 2.45) is 11.7 Å². The molecule has 1 saturated heterocycles. The van der Waals surface area contributed by atoms with Crippen LogP contribution in [0.15, 0.2) is 18.2 Å². The lowest BCUT2D eigenvalue weighted by molar-refractivity contribution is -0.134. The fourth-order valence-electron chi connectivity index (χ4n) is 3.26. The number of aryl methyl sites for hydroxylation is 1. The number of carbonyl (C=O) groups excluding carboxylic acids is 2. The Balaban J connectivity index is 1.96. The first-order chi connectivity index (χ1) is 12.6. The molecule has 1 aliphatic heterocycles. The molecular weight excluding hydrogens is 390 g/mol. The summed E-state index contributed by atoms with van der Waals surface area (Å²) < 4.78 is 25.7. The van der Waals surface area contributed by atoms with Gasteiger partial charge in [-0.3, -0.25) is 13.9 Å². The molecule has 150 valence electrons. The van der Waals surface area contributed by atoms with Crippen LogP contribution in [0, 0.1) is 12.8 Å². The summed E-state index contributed by atoms with van der Waals surface area (Å²) in [5.41, 5.74) is 6.63. The summed E-state index contributed by atoms with van der Waals surface area (Å²) in [4.78, 5) is 25.3. The van der Waals surface area contributed by atoms with Gasteiger partial charge in [-0.25, -0.2) is 8.42 Å². The van der Waals surface area contributed by atoms with Crippen molar-refractivity contribution in [2.45, 2.75) is 32.6 Å². The lowest BCUT2D eigenvalue weighted by atomic mass is 9.96. The van der Waals surface area contributed by atoms with Gasteiger partial charge in [0.15, 0.2) is 0 Å². The quantitative estimate of drug-likeness (QED) is 0.734. The Kier molecular flexibility index (Phi) is 7.11. The lowest BCUT2D eigenvalue weighted by Gasteiger charge is -2.31. The smallest absolute Gasteiger partial charge is 0.232 e. The molecule has 0 spiro atoms. The maximum absolute atomic E-state index is 12.4. The molecule has 0 unspecified atom stereocenters. The molecule has 2 N–H and O–H groups in total. The van der Waals surface area contributed by atoms with Crippen molar-refractivity contribution in [3.63, 3.8) is 0 Å². The summed E-state index contributed by atoms with van der Waals surface area (Å²) in [6.45, 7) is 3.03.